The van der Waals surface area contributed by atoms with E-state index in [1.54, 1.807) is 32.4 Å². The van der Waals surface area contributed by atoms with Gasteiger partial charge >= 0.3 is 0 Å². The molecule has 26 heavy (non-hydrogen) atoms. The Bertz CT molecular complexity index is 818. The van der Waals surface area contributed by atoms with Gasteiger partial charge in [-0.1, -0.05) is 12.1 Å². The number of likely N-dealkylation sites (N-methyl/N-ethyl adjacent to an activating group) is 1. The Morgan fingerprint density at radius 3 is 2.12 bits per heavy atom. The minimum Gasteiger partial charge on any atom is -0.493 e. The van der Waals surface area contributed by atoms with Crippen molar-refractivity contribution in [2.75, 3.05) is 40.2 Å². The maximum atomic E-state index is 9.32. The van der Waals surface area contributed by atoms with Gasteiger partial charge in [0.2, 0.25) is 0 Å². The molecule has 0 fully saturated rings. The van der Waals surface area contributed by atoms with E-state index in [2.05, 4.69) is 22.4 Å². The van der Waals surface area contributed by atoms with Crippen molar-refractivity contribution in [1.29, 1.82) is 10.5 Å². The van der Waals surface area contributed by atoms with Crippen molar-refractivity contribution in [3.8, 4) is 23.6 Å². The second kappa shape index (κ2) is 8.75. The quantitative estimate of drug-likeness (QED) is 0.826. The van der Waals surface area contributed by atoms with E-state index in [1.807, 2.05) is 32.3 Å². The fourth-order valence-electron chi connectivity index (χ4n) is 2.79. The number of nitrogens with one attached hydrogen (secondary N) is 1. The van der Waals surface area contributed by atoms with E-state index in [-0.39, 0.29) is 6.04 Å². The number of nitriles is 2. The molecule has 0 aromatic heterocycles. The highest BCUT2D eigenvalue weighted by atomic mass is 16.5. The summed E-state index contributed by atoms with van der Waals surface area (Å²) in [4.78, 5) is 2.06. The summed E-state index contributed by atoms with van der Waals surface area (Å²) in [5.74, 6) is 1.33. The van der Waals surface area contributed by atoms with Crippen molar-refractivity contribution in [1.82, 2.24) is 4.90 Å². The van der Waals surface area contributed by atoms with Crippen LogP contribution in [0.1, 0.15) is 22.7 Å². The van der Waals surface area contributed by atoms with Gasteiger partial charge in [-0.2, -0.15) is 10.5 Å². The Hall–Kier alpha value is -3.22. The van der Waals surface area contributed by atoms with Gasteiger partial charge in [-0.15, -0.1) is 0 Å². The van der Waals surface area contributed by atoms with Crippen LogP contribution in [0.4, 0.5) is 5.69 Å². The molecule has 0 aliphatic carbocycles. The van der Waals surface area contributed by atoms with Crippen LogP contribution in [0, 0.1) is 22.7 Å². The zero-order chi connectivity index (χ0) is 19.1. The molecule has 0 amide bonds. The van der Waals surface area contributed by atoms with Crippen LogP contribution in [0.2, 0.25) is 0 Å². The van der Waals surface area contributed by atoms with Crippen LogP contribution in [-0.4, -0.2) is 39.8 Å². The lowest BCUT2D eigenvalue weighted by molar-refractivity contribution is 0.308. The second-order valence-corrected chi connectivity index (χ2v) is 5.93. The average molecular weight is 350 g/mol. The summed E-state index contributed by atoms with van der Waals surface area (Å²) in [6.07, 6.45) is 0. The van der Waals surface area contributed by atoms with Crippen LogP contribution in [0.15, 0.2) is 36.4 Å². The number of rotatable bonds is 7. The first kappa shape index (κ1) is 19.1. The smallest absolute Gasteiger partial charge is 0.161 e. The minimum absolute atomic E-state index is 0.00750. The maximum Gasteiger partial charge on any atom is 0.161 e. The van der Waals surface area contributed by atoms with Crippen molar-refractivity contribution < 1.29 is 9.47 Å². The van der Waals surface area contributed by atoms with Gasteiger partial charge in [-0.05, 0) is 43.9 Å². The number of para-hydroxylation sites is 1. The van der Waals surface area contributed by atoms with Crippen LogP contribution in [0.3, 0.4) is 0 Å². The van der Waals surface area contributed by atoms with Gasteiger partial charge in [0, 0.05) is 6.54 Å². The molecule has 2 rings (SSSR count). The van der Waals surface area contributed by atoms with Crippen LogP contribution in [-0.2, 0) is 0 Å². The molecule has 6 nitrogen and oxygen atoms in total. The molecule has 1 unspecified atom stereocenters. The van der Waals surface area contributed by atoms with E-state index in [1.165, 1.54) is 0 Å². The SMILES string of the molecule is COc1ccc(C(CNc2c(C#N)cccc2C#N)N(C)C)cc1OC. The topological polar surface area (TPSA) is 81.3 Å². The van der Waals surface area contributed by atoms with Gasteiger partial charge < -0.3 is 19.7 Å². The number of hydrogen-bond acceptors (Lipinski definition) is 6. The molecule has 0 saturated carbocycles. The monoisotopic (exact) mass is 350 g/mol. The number of anilines is 1. The number of ether oxygens (including phenoxy) is 2. The first-order chi connectivity index (χ1) is 12.5. The van der Waals surface area contributed by atoms with Crippen LogP contribution in [0.5, 0.6) is 11.5 Å². The van der Waals surface area contributed by atoms with Crippen LogP contribution < -0.4 is 14.8 Å². The average Bonchev–Trinajstić information content (AvgIpc) is 2.67. The molecule has 0 bridgehead atoms. The first-order valence-corrected chi connectivity index (χ1v) is 8.11. The molecule has 0 spiro atoms. The van der Waals surface area contributed by atoms with Gasteiger partial charge in [0.1, 0.15) is 12.1 Å². The lowest BCUT2D eigenvalue weighted by Crippen LogP contribution is -2.27. The van der Waals surface area contributed by atoms with Crippen molar-refractivity contribution in [2.45, 2.75) is 6.04 Å². The molecule has 1 N–H and O–H groups in total. The third-order valence-corrected chi connectivity index (χ3v) is 4.19. The highest BCUT2D eigenvalue weighted by Gasteiger charge is 2.18. The molecule has 2 aromatic rings. The molecule has 0 aliphatic heterocycles. The Balaban J connectivity index is 2.32. The van der Waals surface area contributed by atoms with Crippen LogP contribution >= 0.6 is 0 Å². The van der Waals surface area contributed by atoms with Crippen molar-refractivity contribution in [3.63, 3.8) is 0 Å². The maximum absolute atomic E-state index is 9.32. The van der Waals surface area contributed by atoms with E-state index in [0.717, 1.165) is 5.56 Å². The van der Waals surface area contributed by atoms with E-state index in [0.29, 0.717) is 34.9 Å². The zero-order valence-electron chi connectivity index (χ0n) is 15.4. The lowest BCUT2D eigenvalue weighted by atomic mass is 10.0. The van der Waals surface area contributed by atoms with Crippen molar-refractivity contribution in [2.24, 2.45) is 0 Å². The minimum atomic E-state index is 0.00750. The predicted molar refractivity (Wildman–Crippen MR) is 100 cm³/mol. The van der Waals surface area contributed by atoms with Crippen molar-refractivity contribution >= 4 is 5.69 Å². The predicted octanol–water partition coefficient (Wildman–Crippen LogP) is 3.16. The summed E-state index contributed by atoms with van der Waals surface area (Å²) in [5.41, 5.74) is 2.50. The standard InChI is InChI=1S/C20H22N4O2/c1-24(2)17(14-8-9-18(25-3)19(10-14)26-4)13-23-20-15(11-21)6-5-7-16(20)12-22/h5-10,17,23H,13H2,1-4H3. The molecule has 0 saturated heterocycles. The molecule has 0 heterocycles. The molecular formula is C20H22N4O2. The largest absolute Gasteiger partial charge is 0.493 e. The summed E-state index contributed by atoms with van der Waals surface area (Å²) >= 11 is 0. The number of hydrogen-bond donors (Lipinski definition) is 1. The highest BCUT2D eigenvalue weighted by Crippen LogP contribution is 2.32. The van der Waals surface area contributed by atoms with E-state index < -0.39 is 0 Å². The Kier molecular flexibility index (Phi) is 6.43. The van der Waals surface area contributed by atoms with Crippen molar-refractivity contribution in [3.05, 3.63) is 53.1 Å². The Labute approximate surface area is 154 Å². The summed E-state index contributed by atoms with van der Waals surface area (Å²) in [6.45, 7) is 0.524. The second-order valence-electron chi connectivity index (χ2n) is 5.93. The fourth-order valence-corrected chi connectivity index (χ4v) is 2.79. The highest BCUT2D eigenvalue weighted by molar-refractivity contribution is 5.66. The number of methoxy groups -OCH3 is 2. The lowest BCUT2D eigenvalue weighted by Gasteiger charge is -2.26. The molecule has 134 valence electrons. The first-order valence-electron chi connectivity index (χ1n) is 8.11. The molecule has 6 heteroatoms. The number of nitrogens with zero attached hydrogens (tertiary/aromatic N) is 3. The molecule has 0 radical (unpaired) electrons. The van der Waals surface area contributed by atoms with E-state index in [9.17, 15) is 10.5 Å². The van der Waals surface area contributed by atoms with Gasteiger partial charge in [0.25, 0.3) is 0 Å². The third-order valence-electron chi connectivity index (χ3n) is 4.19. The van der Waals surface area contributed by atoms with Crippen LogP contribution in [0.25, 0.3) is 0 Å². The van der Waals surface area contributed by atoms with Gasteiger partial charge in [-0.3, -0.25) is 0 Å². The summed E-state index contributed by atoms with van der Waals surface area (Å²) in [6, 6.07) is 15.2. The molecular weight excluding hydrogens is 328 g/mol. The molecule has 2 aromatic carbocycles. The van der Waals surface area contributed by atoms with E-state index in [4.69, 9.17) is 9.47 Å². The normalized spacial score (nSPS) is 11.3. The Morgan fingerprint density at radius 1 is 1.00 bits per heavy atom. The summed E-state index contributed by atoms with van der Waals surface area (Å²) in [5, 5.41) is 21.9. The molecule has 1 atom stereocenters. The van der Waals surface area contributed by atoms with Gasteiger partial charge in [0.15, 0.2) is 11.5 Å². The fraction of sp³-hybridized carbons (Fsp3) is 0.300. The molecule has 0 aliphatic rings. The van der Waals surface area contributed by atoms with E-state index >= 15 is 0 Å². The zero-order valence-corrected chi connectivity index (χ0v) is 15.4. The van der Waals surface area contributed by atoms with Gasteiger partial charge in [0.05, 0.1) is 37.1 Å². The van der Waals surface area contributed by atoms with Gasteiger partial charge in [-0.25, -0.2) is 0 Å². The summed E-state index contributed by atoms with van der Waals surface area (Å²) < 4.78 is 10.7. The summed E-state index contributed by atoms with van der Waals surface area (Å²) in [7, 11) is 7.16. The Morgan fingerprint density at radius 2 is 1.62 bits per heavy atom. The number of benzene rings is 2. The third kappa shape index (κ3) is 4.05.